The predicted molar refractivity (Wildman–Crippen MR) is 66.5 cm³/mol. The highest BCUT2D eigenvalue weighted by Crippen LogP contribution is 2.28. The molecule has 8 nitrogen and oxygen atoms in total. The first-order valence-electron chi connectivity index (χ1n) is 5.64. The van der Waals surface area contributed by atoms with Gasteiger partial charge in [0.25, 0.3) is 5.69 Å². The van der Waals surface area contributed by atoms with Crippen LogP contribution in [0.25, 0.3) is 0 Å². The minimum absolute atomic E-state index is 0.238. The van der Waals surface area contributed by atoms with Crippen LogP contribution in [0.5, 0.6) is 0 Å². The van der Waals surface area contributed by atoms with Crippen molar-refractivity contribution in [2.75, 3.05) is 5.32 Å². The number of nitrogens with zero attached hydrogens (tertiary/aromatic N) is 1. The summed E-state index contributed by atoms with van der Waals surface area (Å²) in [6, 6.07) is -0.488. The number of hydrogen-bond donors (Lipinski definition) is 3. The Hall–Kier alpha value is -2.62. The van der Waals surface area contributed by atoms with Crippen LogP contribution in [0.4, 0.5) is 20.2 Å². The number of carbonyl (C=O) groups is 2. The first kappa shape index (κ1) is 16.4. The minimum Gasteiger partial charge on any atom is -0.481 e. The molecule has 0 saturated carbocycles. The molecule has 1 amide bonds. The second-order valence-corrected chi connectivity index (χ2v) is 4.07. The van der Waals surface area contributed by atoms with Gasteiger partial charge in [0.2, 0.25) is 5.91 Å². The number of carboxylic acids is 1. The fourth-order valence-corrected chi connectivity index (χ4v) is 1.45. The molecule has 1 aromatic carbocycles. The van der Waals surface area contributed by atoms with Crippen LogP contribution in [-0.4, -0.2) is 27.9 Å². The van der Waals surface area contributed by atoms with Crippen molar-refractivity contribution in [3.05, 3.63) is 33.9 Å². The number of nitro groups is 1. The molecule has 4 N–H and O–H groups in total. The van der Waals surface area contributed by atoms with Crippen molar-refractivity contribution in [3.8, 4) is 0 Å². The number of nitrogens with one attached hydrogen (secondary N) is 1. The first-order valence-corrected chi connectivity index (χ1v) is 5.64. The molecule has 0 fully saturated rings. The summed E-state index contributed by atoms with van der Waals surface area (Å²) < 4.78 is 26.4. The van der Waals surface area contributed by atoms with Gasteiger partial charge in [-0.15, -0.1) is 0 Å². The minimum atomic E-state index is -1.33. The molecule has 0 aliphatic rings. The Balaban J connectivity index is 2.94. The number of nitro benzene ring substituents is 1. The highest BCUT2D eigenvalue weighted by Gasteiger charge is 2.24. The van der Waals surface area contributed by atoms with Crippen molar-refractivity contribution in [1.82, 2.24) is 0 Å². The maximum Gasteiger partial charge on any atom is 0.303 e. The molecule has 114 valence electrons. The van der Waals surface area contributed by atoms with Crippen molar-refractivity contribution in [1.29, 1.82) is 0 Å². The summed E-state index contributed by atoms with van der Waals surface area (Å²) in [6.45, 7) is 0. The van der Waals surface area contributed by atoms with Crippen LogP contribution in [-0.2, 0) is 9.59 Å². The average molecular weight is 303 g/mol. The van der Waals surface area contributed by atoms with Crippen molar-refractivity contribution in [2.24, 2.45) is 5.73 Å². The van der Waals surface area contributed by atoms with Crippen LogP contribution in [0.2, 0.25) is 0 Å². The molecule has 21 heavy (non-hydrogen) atoms. The summed E-state index contributed by atoms with van der Waals surface area (Å²) in [5.74, 6) is -4.70. The lowest BCUT2D eigenvalue weighted by Gasteiger charge is -2.12. The summed E-state index contributed by atoms with van der Waals surface area (Å²) in [7, 11) is 0. The number of hydrogen-bond acceptors (Lipinski definition) is 5. The summed E-state index contributed by atoms with van der Waals surface area (Å²) in [5, 5.41) is 21.0. The van der Waals surface area contributed by atoms with E-state index in [-0.39, 0.29) is 6.42 Å². The van der Waals surface area contributed by atoms with Crippen molar-refractivity contribution in [2.45, 2.75) is 18.9 Å². The highest BCUT2D eigenvalue weighted by atomic mass is 19.1. The number of carboxylic acid groups (broad SMARTS) is 1. The Morgan fingerprint density at radius 1 is 1.43 bits per heavy atom. The van der Waals surface area contributed by atoms with E-state index in [9.17, 15) is 28.5 Å². The van der Waals surface area contributed by atoms with Gasteiger partial charge in [0.15, 0.2) is 11.5 Å². The number of anilines is 1. The third kappa shape index (κ3) is 4.45. The van der Waals surface area contributed by atoms with E-state index in [2.05, 4.69) is 0 Å². The molecule has 1 atom stereocenters. The molecular formula is C11H11F2N3O5. The molecule has 1 rings (SSSR count). The van der Waals surface area contributed by atoms with Gasteiger partial charge in [0.1, 0.15) is 5.82 Å². The van der Waals surface area contributed by atoms with Crippen LogP contribution >= 0.6 is 0 Å². The van der Waals surface area contributed by atoms with Crippen LogP contribution in [0.15, 0.2) is 12.1 Å². The predicted octanol–water partition coefficient (Wildman–Crippen LogP) is 1.00. The lowest BCUT2D eigenvalue weighted by atomic mass is 10.1. The molecule has 0 bridgehead atoms. The van der Waals surface area contributed by atoms with Crippen molar-refractivity contribution < 1.29 is 28.4 Å². The van der Waals surface area contributed by atoms with Crippen LogP contribution in [0.3, 0.4) is 0 Å². The first-order chi connectivity index (χ1) is 9.72. The number of amides is 1. The lowest BCUT2D eigenvalue weighted by Crippen LogP contribution is -2.36. The van der Waals surface area contributed by atoms with E-state index in [4.69, 9.17) is 10.8 Å². The number of halogens is 2. The van der Waals surface area contributed by atoms with E-state index in [1.54, 1.807) is 0 Å². The van der Waals surface area contributed by atoms with Crippen LogP contribution < -0.4 is 11.1 Å². The van der Waals surface area contributed by atoms with Gasteiger partial charge in [-0.25, -0.2) is 8.78 Å². The Morgan fingerprint density at radius 3 is 2.57 bits per heavy atom. The fourth-order valence-electron chi connectivity index (χ4n) is 1.45. The normalized spacial score (nSPS) is 11.8. The smallest absolute Gasteiger partial charge is 0.303 e. The molecule has 0 aliphatic heterocycles. The zero-order chi connectivity index (χ0) is 16.2. The molecule has 0 heterocycles. The largest absolute Gasteiger partial charge is 0.481 e. The summed E-state index contributed by atoms with van der Waals surface area (Å²) in [4.78, 5) is 31.6. The SMILES string of the molecule is NC(CCC(=O)O)C(=O)Nc1c(F)cc(F)cc1[N+](=O)[O-]. The zero-order valence-electron chi connectivity index (χ0n) is 10.5. The second-order valence-electron chi connectivity index (χ2n) is 4.07. The van der Waals surface area contributed by atoms with E-state index < -0.39 is 52.3 Å². The molecule has 0 radical (unpaired) electrons. The van der Waals surface area contributed by atoms with Gasteiger partial charge < -0.3 is 16.2 Å². The quantitative estimate of drug-likeness (QED) is 0.530. The summed E-state index contributed by atoms with van der Waals surface area (Å²) >= 11 is 0. The van der Waals surface area contributed by atoms with Gasteiger partial charge >= 0.3 is 5.97 Å². The van der Waals surface area contributed by atoms with Gasteiger partial charge in [-0.05, 0) is 6.42 Å². The Kier molecular flexibility index (Phi) is 5.24. The lowest BCUT2D eigenvalue weighted by molar-refractivity contribution is -0.384. The fraction of sp³-hybridized carbons (Fsp3) is 0.273. The van der Waals surface area contributed by atoms with Gasteiger partial charge in [-0.2, -0.15) is 0 Å². The molecule has 10 heteroatoms. The van der Waals surface area contributed by atoms with Gasteiger partial charge in [0, 0.05) is 12.5 Å². The summed E-state index contributed by atoms with van der Waals surface area (Å²) in [5.41, 5.74) is 3.59. The molecule has 0 aliphatic carbocycles. The number of benzene rings is 1. The number of nitrogens with two attached hydrogens (primary N) is 1. The second kappa shape index (κ2) is 6.70. The van der Waals surface area contributed by atoms with E-state index in [0.29, 0.717) is 12.1 Å². The van der Waals surface area contributed by atoms with Gasteiger partial charge in [-0.3, -0.25) is 19.7 Å². The maximum atomic E-state index is 13.5. The topological polar surface area (TPSA) is 136 Å². The number of carbonyl (C=O) groups excluding carboxylic acids is 1. The Labute approximate surface area is 116 Å². The standard InChI is InChI=1S/C11H11F2N3O5/c12-5-3-6(13)10(8(4-5)16(20)21)15-11(19)7(14)1-2-9(17)18/h3-4,7H,1-2,14H2,(H,15,19)(H,17,18). The van der Waals surface area contributed by atoms with Crippen LogP contribution in [0.1, 0.15) is 12.8 Å². The third-order valence-electron chi connectivity index (χ3n) is 2.49. The zero-order valence-corrected chi connectivity index (χ0v) is 10.5. The number of aliphatic carboxylic acids is 1. The molecule has 1 aromatic rings. The Morgan fingerprint density at radius 2 is 2.05 bits per heavy atom. The van der Waals surface area contributed by atoms with Crippen LogP contribution in [0, 0.1) is 21.7 Å². The maximum absolute atomic E-state index is 13.5. The summed E-state index contributed by atoms with van der Waals surface area (Å²) in [6.07, 6.45) is -0.639. The average Bonchev–Trinajstić information content (AvgIpc) is 2.38. The van der Waals surface area contributed by atoms with Crippen molar-refractivity contribution in [3.63, 3.8) is 0 Å². The molecular weight excluding hydrogens is 292 g/mol. The van der Waals surface area contributed by atoms with E-state index in [0.717, 1.165) is 0 Å². The molecule has 0 spiro atoms. The molecule has 1 unspecified atom stereocenters. The van der Waals surface area contributed by atoms with E-state index >= 15 is 0 Å². The molecule has 0 saturated heterocycles. The number of rotatable bonds is 6. The highest BCUT2D eigenvalue weighted by molar-refractivity contribution is 5.96. The van der Waals surface area contributed by atoms with Gasteiger partial charge in [0.05, 0.1) is 17.0 Å². The third-order valence-corrected chi connectivity index (χ3v) is 2.49. The monoisotopic (exact) mass is 303 g/mol. The van der Waals surface area contributed by atoms with E-state index in [1.165, 1.54) is 0 Å². The van der Waals surface area contributed by atoms with Crippen molar-refractivity contribution >= 4 is 23.3 Å². The van der Waals surface area contributed by atoms with E-state index in [1.807, 2.05) is 5.32 Å². The molecule has 0 aromatic heterocycles. The van der Waals surface area contributed by atoms with Gasteiger partial charge in [-0.1, -0.05) is 0 Å². The Bertz CT molecular complexity index is 593.